The van der Waals surface area contributed by atoms with Gasteiger partial charge in [-0.2, -0.15) is 0 Å². The third-order valence-electron chi connectivity index (χ3n) is 4.20. The summed E-state index contributed by atoms with van der Waals surface area (Å²) in [4.78, 5) is 15.8. The van der Waals surface area contributed by atoms with Gasteiger partial charge in [-0.1, -0.05) is 32.3 Å². The minimum absolute atomic E-state index is 0.0978. The number of hydrogen-bond acceptors (Lipinski definition) is 3. The van der Waals surface area contributed by atoms with E-state index in [-0.39, 0.29) is 5.91 Å². The summed E-state index contributed by atoms with van der Waals surface area (Å²) in [6.07, 6.45) is 8.48. The molecule has 0 radical (unpaired) electrons. The normalized spacial score (nSPS) is 16.1. The van der Waals surface area contributed by atoms with Crippen molar-refractivity contribution in [2.24, 2.45) is 0 Å². The summed E-state index contributed by atoms with van der Waals surface area (Å²) >= 11 is 1.69. The quantitative estimate of drug-likeness (QED) is 0.806. The molecule has 1 aliphatic carbocycles. The van der Waals surface area contributed by atoms with Gasteiger partial charge in [0.15, 0.2) is 0 Å². The SMILES string of the molecule is CCN(CC(=O)Nc1cccc(SC)c1)C1CCCCC1. The Labute approximate surface area is 132 Å². The molecule has 1 saturated carbocycles. The van der Waals surface area contributed by atoms with Crippen molar-refractivity contribution in [1.29, 1.82) is 0 Å². The number of hydrogen-bond donors (Lipinski definition) is 1. The Morgan fingerprint density at radius 3 is 2.76 bits per heavy atom. The van der Waals surface area contributed by atoms with Crippen LogP contribution in [0.3, 0.4) is 0 Å². The third kappa shape index (κ3) is 5.04. The Hall–Kier alpha value is -1.00. The lowest BCUT2D eigenvalue weighted by molar-refractivity contribution is -0.118. The first-order chi connectivity index (χ1) is 10.2. The van der Waals surface area contributed by atoms with E-state index in [1.165, 1.54) is 37.0 Å². The molecule has 116 valence electrons. The standard InChI is InChI=1S/C17H26N2OS/c1-3-19(15-9-5-4-6-10-15)13-17(20)18-14-8-7-11-16(12-14)21-2/h7-8,11-12,15H,3-6,9-10,13H2,1-2H3,(H,18,20). The predicted octanol–water partition coefficient (Wildman–Crippen LogP) is 4.00. The van der Waals surface area contributed by atoms with Crippen molar-refractivity contribution in [1.82, 2.24) is 4.90 Å². The minimum Gasteiger partial charge on any atom is -0.325 e. The second-order valence-electron chi connectivity index (χ2n) is 5.64. The first kappa shape index (κ1) is 16.4. The molecule has 1 aromatic carbocycles. The van der Waals surface area contributed by atoms with E-state index in [0.29, 0.717) is 12.6 Å². The second kappa shape index (κ2) is 8.44. The van der Waals surface area contributed by atoms with E-state index in [1.807, 2.05) is 24.5 Å². The van der Waals surface area contributed by atoms with E-state index in [9.17, 15) is 4.79 Å². The number of benzene rings is 1. The zero-order chi connectivity index (χ0) is 15.1. The number of carbonyl (C=O) groups is 1. The molecule has 0 heterocycles. The van der Waals surface area contributed by atoms with Crippen molar-refractivity contribution in [3.63, 3.8) is 0 Å². The van der Waals surface area contributed by atoms with Crippen LogP contribution in [-0.2, 0) is 4.79 Å². The van der Waals surface area contributed by atoms with Gasteiger partial charge in [-0.15, -0.1) is 11.8 Å². The van der Waals surface area contributed by atoms with Gasteiger partial charge in [-0.05, 0) is 43.8 Å². The molecule has 0 saturated heterocycles. The van der Waals surface area contributed by atoms with Gasteiger partial charge >= 0.3 is 0 Å². The maximum Gasteiger partial charge on any atom is 0.238 e. The molecular formula is C17H26N2OS. The fourth-order valence-electron chi connectivity index (χ4n) is 3.03. The summed E-state index contributed by atoms with van der Waals surface area (Å²) in [5.74, 6) is 0.0978. The number of anilines is 1. The number of likely N-dealkylation sites (N-methyl/N-ethyl adjacent to an activating group) is 1. The Bertz CT molecular complexity index is 458. The van der Waals surface area contributed by atoms with Crippen LogP contribution in [-0.4, -0.2) is 36.2 Å². The average molecular weight is 306 g/mol. The Balaban J connectivity index is 1.89. The maximum atomic E-state index is 12.3. The molecule has 0 spiro atoms. The number of carbonyl (C=O) groups excluding carboxylic acids is 1. The highest BCUT2D eigenvalue weighted by molar-refractivity contribution is 7.98. The van der Waals surface area contributed by atoms with Crippen molar-refractivity contribution >= 4 is 23.4 Å². The maximum absolute atomic E-state index is 12.3. The summed E-state index contributed by atoms with van der Waals surface area (Å²) in [5, 5.41) is 3.03. The predicted molar refractivity (Wildman–Crippen MR) is 91.0 cm³/mol. The molecule has 1 fully saturated rings. The van der Waals surface area contributed by atoms with Gasteiger partial charge in [0, 0.05) is 16.6 Å². The smallest absolute Gasteiger partial charge is 0.238 e. The molecule has 1 N–H and O–H groups in total. The van der Waals surface area contributed by atoms with Crippen LogP contribution in [0.25, 0.3) is 0 Å². The highest BCUT2D eigenvalue weighted by Gasteiger charge is 2.21. The van der Waals surface area contributed by atoms with Gasteiger partial charge < -0.3 is 5.32 Å². The fraction of sp³-hybridized carbons (Fsp3) is 0.588. The lowest BCUT2D eigenvalue weighted by Gasteiger charge is -2.32. The van der Waals surface area contributed by atoms with Gasteiger partial charge in [0.05, 0.1) is 6.54 Å². The summed E-state index contributed by atoms with van der Waals surface area (Å²) in [6, 6.07) is 8.61. The first-order valence-corrected chi connectivity index (χ1v) is 9.13. The fourth-order valence-corrected chi connectivity index (χ4v) is 3.49. The molecule has 2 rings (SSSR count). The Morgan fingerprint density at radius 1 is 1.33 bits per heavy atom. The highest BCUT2D eigenvalue weighted by atomic mass is 32.2. The van der Waals surface area contributed by atoms with Crippen molar-refractivity contribution < 1.29 is 4.79 Å². The molecule has 0 aromatic heterocycles. The molecule has 1 aliphatic rings. The minimum atomic E-state index is 0.0978. The summed E-state index contributed by atoms with van der Waals surface area (Å²) < 4.78 is 0. The lowest BCUT2D eigenvalue weighted by Crippen LogP contribution is -2.41. The van der Waals surface area contributed by atoms with Crippen LogP contribution in [0, 0.1) is 0 Å². The van der Waals surface area contributed by atoms with Gasteiger partial charge in [0.2, 0.25) is 5.91 Å². The van der Waals surface area contributed by atoms with Crippen LogP contribution < -0.4 is 5.32 Å². The molecule has 4 heteroatoms. The van der Waals surface area contributed by atoms with Crippen LogP contribution in [0.4, 0.5) is 5.69 Å². The van der Waals surface area contributed by atoms with Crippen molar-refractivity contribution in [3.8, 4) is 0 Å². The van der Waals surface area contributed by atoms with Crippen molar-refractivity contribution in [3.05, 3.63) is 24.3 Å². The number of nitrogens with one attached hydrogen (secondary N) is 1. The summed E-state index contributed by atoms with van der Waals surface area (Å²) in [6.45, 7) is 3.60. The molecule has 21 heavy (non-hydrogen) atoms. The molecule has 0 unspecified atom stereocenters. The van der Waals surface area contributed by atoms with Gasteiger partial charge in [0.1, 0.15) is 0 Å². The molecule has 0 bridgehead atoms. The van der Waals surface area contributed by atoms with Crippen molar-refractivity contribution in [2.75, 3.05) is 24.7 Å². The molecule has 0 aliphatic heterocycles. The third-order valence-corrected chi connectivity index (χ3v) is 4.92. The van der Waals surface area contributed by atoms with Crippen LogP contribution >= 0.6 is 11.8 Å². The van der Waals surface area contributed by atoms with Crippen LogP contribution in [0.5, 0.6) is 0 Å². The highest BCUT2D eigenvalue weighted by Crippen LogP contribution is 2.23. The monoisotopic (exact) mass is 306 g/mol. The molecular weight excluding hydrogens is 280 g/mol. The Morgan fingerprint density at radius 2 is 2.10 bits per heavy atom. The van der Waals surface area contributed by atoms with Gasteiger partial charge in [0.25, 0.3) is 0 Å². The van der Waals surface area contributed by atoms with E-state index in [1.54, 1.807) is 11.8 Å². The zero-order valence-electron chi connectivity index (χ0n) is 13.1. The average Bonchev–Trinajstić information content (AvgIpc) is 2.53. The van der Waals surface area contributed by atoms with Crippen molar-refractivity contribution in [2.45, 2.75) is 50.0 Å². The zero-order valence-corrected chi connectivity index (χ0v) is 13.9. The van der Waals surface area contributed by atoms with Gasteiger partial charge in [-0.25, -0.2) is 0 Å². The van der Waals surface area contributed by atoms with E-state index in [2.05, 4.69) is 23.2 Å². The van der Waals surface area contributed by atoms with Crippen LogP contribution in [0.1, 0.15) is 39.0 Å². The van der Waals surface area contributed by atoms with E-state index in [0.717, 1.165) is 12.2 Å². The molecule has 1 amide bonds. The molecule has 3 nitrogen and oxygen atoms in total. The van der Waals surface area contributed by atoms with E-state index < -0.39 is 0 Å². The number of nitrogens with zero attached hydrogens (tertiary/aromatic N) is 1. The van der Waals surface area contributed by atoms with Crippen LogP contribution in [0.15, 0.2) is 29.2 Å². The topological polar surface area (TPSA) is 32.3 Å². The lowest BCUT2D eigenvalue weighted by atomic mass is 9.94. The van der Waals surface area contributed by atoms with E-state index in [4.69, 9.17) is 0 Å². The first-order valence-electron chi connectivity index (χ1n) is 7.91. The molecule has 1 aromatic rings. The number of rotatable bonds is 6. The molecule has 0 atom stereocenters. The summed E-state index contributed by atoms with van der Waals surface area (Å²) in [5.41, 5.74) is 0.895. The largest absolute Gasteiger partial charge is 0.325 e. The second-order valence-corrected chi connectivity index (χ2v) is 6.51. The number of thioether (sulfide) groups is 1. The van der Waals surface area contributed by atoms with Gasteiger partial charge in [-0.3, -0.25) is 9.69 Å². The number of amides is 1. The Kier molecular flexibility index (Phi) is 6.58. The van der Waals surface area contributed by atoms with Crippen LogP contribution in [0.2, 0.25) is 0 Å². The van der Waals surface area contributed by atoms with E-state index >= 15 is 0 Å². The summed E-state index contributed by atoms with van der Waals surface area (Å²) in [7, 11) is 0.